The van der Waals surface area contributed by atoms with Crippen LogP contribution in [0.25, 0.3) is 0 Å². The smallest absolute Gasteiger partial charge is 0.320 e. The summed E-state index contributed by atoms with van der Waals surface area (Å²) in [4.78, 5) is 31.0. The van der Waals surface area contributed by atoms with Gasteiger partial charge in [0.25, 0.3) is 0 Å². The first kappa shape index (κ1) is 21.2. The van der Waals surface area contributed by atoms with Gasteiger partial charge in [-0.05, 0) is 30.9 Å². The number of hydrogen-bond donors (Lipinski definition) is 1. The Labute approximate surface area is 182 Å². The van der Waals surface area contributed by atoms with Crippen LogP contribution >= 0.6 is 0 Å². The predicted octanol–water partition coefficient (Wildman–Crippen LogP) is 3.65. The van der Waals surface area contributed by atoms with E-state index in [9.17, 15) is 14.0 Å². The average molecular weight is 425 g/mol. The van der Waals surface area contributed by atoms with Crippen LogP contribution in [0.15, 0.2) is 54.6 Å². The number of hydrogen-bond acceptors (Lipinski definition) is 2. The Hall–Kier alpha value is -3.09. The van der Waals surface area contributed by atoms with Gasteiger partial charge in [0, 0.05) is 44.8 Å². The quantitative estimate of drug-likeness (QED) is 0.815. The highest BCUT2D eigenvalue weighted by Crippen LogP contribution is 2.22. The van der Waals surface area contributed by atoms with E-state index in [4.69, 9.17) is 0 Å². The van der Waals surface area contributed by atoms with E-state index in [1.165, 1.54) is 6.07 Å². The summed E-state index contributed by atoms with van der Waals surface area (Å²) in [7, 11) is 0. The Bertz CT molecular complexity index is 893. The van der Waals surface area contributed by atoms with Crippen molar-refractivity contribution in [3.05, 3.63) is 71.5 Å². The Morgan fingerprint density at radius 1 is 0.806 bits per heavy atom. The molecule has 4 rings (SSSR count). The Balaban J connectivity index is 1.39. The molecule has 6 nitrogen and oxygen atoms in total. The number of likely N-dealkylation sites (tertiary alicyclic amines) is 1. The zero-order valence-electron chi connectivity index (χ0n) is 17.7. The van der Waals surface area contributed by atoms with Gasteiger partial charge in [-0.15, -0.1) is 0 Å². The lowest BCUT2D eigenvalue weighted by Gasteiger charge is -2.37. The Morgan fingerprint density at radius 3 is 2.06 bits per heavy atom. The van der Waals surface area contributed by atoms with Gasteiger partial charge in [-0.2, -0.15) is 0 Å². The van der Waals surface area contributed by atoms with Crippen molar-refractivity contribution >= 4 is 12.1 Å². The Kier molecular flexibility index (Phi) is 6.70. The molecule has 0 radical (unpaired) electrons. The lowest BCUT2D eigenvalue weighted by molar-refractivity contribution is 0.123. The Morgan fingerprint density at radius 2 is 1.39 bits per heavy atom. The molecule has 7 heteroatoms. The van der Waals surface area contributed by atoms with Crippen LogP contribution in [0.4, 0.5) is 14.0 Å². The third-order valence-electron chi connectivity index (χ3n) is 6.07. The molecule has 2 fully saturated rings. The number of urea groups is 2. The van der Waals surface area contributed by atoms with E-state index in [-0.39, 0.29) is 17.9 Å². The van der Waals surface area contributed by atoms with E-state index >= 15 is 0 Å². The summed E-state index contributed by atoms with van der Waals surface area (Å²) in [5.41, 5.74) is 1.50. The summed E-state index contributed by atoms with van der Waals surface area (Å²) in [5.74, 6) is -0.329. The van der Waals surface area contributed by atoms with Crippen molar-refractivity contribution in [2.24, 2.45) is 0 Å². The van der Waals surface area contributed by atoms with Crippen molar-refractivity contribution < 1.29 is 14.0 Å². The summed E-state index contributed by atoms with van der Waals surface area (Å²) >= 11 is 0. The van der Waals surface area contributed by atoms with E-state index in [0.717, 1.165) is 31.5 Å². The lowest BCUT2D eigenvalue weighted by Crippen LogP contribution is -2.55. The molecule has 0 bridgehead atoms. The predicted molar refractivity (Wildman–Crippen MR) is 117 cm³/mol. The minimum absolute atomic E-state index is 0.0749. The minimum atomic E-state index is -0.472. The molecule has 0 aliphatic carbocycles. The van der Waals surface area contributed by atoms with Gasteiger partial charge in [0.2, 0.25) is 0 Å². The van der Waals surface area contributed by atoms with Gasteiger partial charge in [0.1, 0.15) is 5.82 Å². The number of carbonyl (C=O) groups is 2. The molecule has 2 aromatic carbocycles. The van der Waals surface area contributed by atoms with Crippen LogP contribution in [-0.2, 0) is 6.42 Å². The molecule has 2 aromatic rings. The summed E-state index contributed by atoms with van der Waals surface area (Å²) in [6, 6.07) is 15.7. The molecule has 2 aliphatic heterocycles. The number of amides is 4. The number of nitrogens with zero attached hydrogens (tertiary/aromatic N) is 3. The van der Waals surface area contributed by atoms with Crippen LogP contribution in [0, 0.1) is 5.82 Å². The lowest BCUT2D eigenvalue weighted by atomic mass is 9.98. The van der Waals surface area contributed by atoms with Gasteiger partial charge in [-0.25, -0.2) is 14.0 Å². The normalized spacial score (nSPS) is 17.5. The number of benzene rings is 2. The summed E-state index contributed by atoms with van der Waals surface area (Å²) in [6.45, 7) is 3.63. The molecule has 0 unspecified atom stereocenters. The van der Waals surface area contributed by atoms with Gasteiger partial charge in [-0.3, -0.25) is 0 Å². The van der Waals surface area contributed by atoms with Gasteiger partial charge in [0.05, 0.1) is 6.04 Å². The third-order valence-corrected chi connectivity index (χ3v) is 6.07. The first-order valence-corrected chi connectivity index (χ1v) is 11.0. The van der Waals surface area contributed by atoms with E-state index in [0.29, 0.717) is 38.2 Å². The molecule has 0 saturated carbocycles. The van der Waals surface area contributed by atoms with Crippen molar-refractivity contribution in [1.29, 1.82) is 0 Å². The van der Waals surface area contributed by atoms with Crippen molar-refractivity contribution in [3.8, 4) is 0 Å². The van der Waals surface area contributed by atoms with Crippen LogP contribution < -0.4 is 5.32 Å². The molecule has 0 aromatic heterocycles. The molecule has 2 aliphatic rings. The highest BCUT2D eigenvalue weighted by Gasteiger charge is 2.29. The summed E-state index contributed by atoms with van der Waals surface area (Å²) < 4.78 is 14.5. The molecular formula is C24H29FN4O2. The maximum Gasteiger partial charge on any atom is 0.320 e. The van der Waals surface area contributed by atoms with Crippen LogP contribution in [-0.4, -0.2) is 66.0 Å². The fourth-order valence-corrected chi connectivity index (χ4v) is 4.30. The highest BCUT2D eigenvalue weighted by molar-refractivity contribution is 5.77. The zero-order chi connectivity index (χ0) is 21.6. The standard InChI is InChI=1S/C24H29FN4O2/c25-21-11-5-4-10-20(21)22(18-19-8-2-1-3-9-19)26-23(30)27-14-16-29(17-15-27)24(31)28-12-6-7-13-28/h1-5,8-11,22H,6-7,12-18H2,(H,26,30)/t22-/m0/s1. The molecule has 1 atom stereocenters. The monoisotopic (exact) mass is 424 g/mol. The number of carbonyl (C=O) groups excluding carboxylic acids is 2. The third kappa shape index (κ3) is 5.16. The number of rotatable bonds is 4. The van der Waals surface area contributed by atoms with E-state index < -0.39 is 6.04 Å². The number of nitrogens with one attached hydrogen (secondary N) is 1. The second kappa shape index (κ2) is 9.81. The first-order valence-electron chi connectivity index (χ1n) is 11.0. The maximum absolute atomic E-state index is 14.5. The van der Waals surface area contributed by atoms with Crippen LogP contribution in [0.1, 0.15) is 30.0 Å². The fraction of sp³-hybridized carbons (Fsp3) is 0.417. The highest BCUT2D eigenvalue weighted by atomic mass is 19.1. The molecule has 2 heterocycles. The van der Waals surface area contributed by atoms with Gasteiger partial charge in [0.15, 0.2) is 0 Å². The molecular weight excluding hydrogens is 395 g/mol. The molecule has 2 saturated heterocycles. The second-order valence-corrected chi connectivity index (χ2v) is 8.16. The average Bonchev–Trinajstić information content (AvgIpc) is 3.34. The van der Waals surface area contributed by atoms with Crippen molar-refractivity contribution in [2.45, 2.75) is 25.3 Å². The van der Waals surface area contributed by atoms with Crippen molar-refractivity contribution in [1.82, 2.24) is 20.0 Å². The van der Waals surface area contributed by atoms with Gasteiger partial charge in [-0.1, -0.05) is 48.5 Å². The van der Waals surface area contributed by atoms with E-state index in [2.05, 4.69) is 5.32 Å². The SMILES string of the molecule is O=C(N[C@@H](Cc1ccccc1)c1ccccc1F)N1CCN(C(=O)N2CCCC2)CC1. The molecule has 31 heavy (non-hydrogen) atoms. The van der Waals surface area contributed by atoms with Gasteiger partial charge >= 0.3 is 12.1 Å². The molecule has 0 spiro atoms. The molecule has 1 N–H and O–H groups in total. The largest absolute Gasteiger partial charge is 0.331 e. The summed E-state index contributed by atoms with van der Waals surface area (Å²) in [5, 5.41) is 3.02. The first-order chi connectivity index (χ1) is 15.1. The second-order valence-electron chi connectivity index (χ2n) is 8.16. The van der Waals surface area contributed by atoms with E-state index in [1.54, 1.807) is 23.1 Å². The van der Waals surface area contributed by atoms with Crippen LogP contribution in [0.2, 0.25) is 0 Å². The van der Waals surface area contributed by atoms with Crippen LogP contribution in [0.5, 0.6) is 0 Å². The fourth-order valence-electron chi connectivity index (χ4n) is 4.30. The van der Waals surface area contributed by atoms with Crippen molar-refractivity contribution in [2.75, 3.05) is 39.3 Å². The molecule has 4 amide bonds. The topological polar surface area (TPSA) is 55.9 Å². The molecule has 164 valence electrons. The maximum atomic E-state index is 14.5. The number of halogens is 1. The van der Waals surface area contributed by atoms with Crippen molar-refractivity contribution in [3.63, 3.8) is 0 Å². The summed E-state index contributed by atoms with van der Waals surface area (Å²) in [6.07, 6.45) is 2.63. The van der Waals surface area contributed by atoms with E-state index in [1.807, 2.05) is 40.1 Å². The minimum Gasteiger partial charge on any atom is -0.331 e. The van der Waals surface area contributed by atoms with Crippen LogP contribution in [0.3, 0.4) is 0 Å². The van der Waals surface area contributed by atoms with Gasteiger partial charge < -0.3 is 20.0 Å². The zero-order valence-corrected chi connectivity index (χ0v) is 17.7. The number of piperazine rings is 1.